The predicted molar refractivity (Wildman–Crippen MR) is 97.9 cm³/mol. The van der Waals surface area contributed by atoms with Gasteiger partial charge in [0, 0.05) is 24.9 Å². The predicted octanol–water partition coefficient (Wildman–Crippen LogP) is 1.73. The van der Waals surface area contributed by atoms with Crippen molar-refractivity contribution in [2.75, 3.05) is 5.32 Å². The monoisotopic (exact) mass is 370 g/mol. The Morgan fingerprint density at radius 3 is 2.89 bits per heavy atom. The number of carbonyl (C=O) groups excluding carboxylic acids is 2. The van der Waals surface area contributed by atoms with Crippen molar-refractivity contribution in [1.82, 2.24) is 14.9 Å². The van der Waals surface area contributed by atoms with E-state index in [1.54, 1.807) is 6.07 Å². The van der Waals surface area contributed by atoms with Crippen LogP contribution in [-0.4, -0.2) is 43.8 Å². The van der Waals surface area contributed by atoms with E-state index in [-0.39, 0.29) is 37.6 Å². The Bertz CT molecular complexity index is 861. The molecule has 3 N–H and O–H groups in total. The Morgan fingerprint density at radius 1 is 1.33 bits per heavy atom. The van der Waals surface area contributed by atoms with E-state index in [9.17, 15) is 19.5 Å². The van der Waals surface area contributed by atoms with Crippen molar-refractivity contribution in [2.24, 2.45) is 0 Å². The van der Waals surface area contributed by atoms with Gasteiger partial charge < -0.3 is 20.3 Å². The number of nitrogens with zero attached hydrogens (tertiary/aromatic N) is 2. The molecule has 3 rings (SSSR count). The summed E-state index contributed by atoms with van der Waals surface area (Å²) in [6.07, 6.45) is 2.47. The van der Waals surface area contributed by atoms with Crippen molar-refractivity contribution in [3.63, 3.8) is 0 Å². The highest BCUT2D eigenvalue weighted by atomic mass is 16.4. The molecule has 2 aromatic rings. The van der Waals surface area contributed by atoms with Crippen LogP contribution in [0.2, 0.25) is 0 Å². The van der Waals surface area contributed by atoms with Gasteiger partial charge in [-0.3, -0.25) is 9.59 Å². The topological polar surface area (TPSA) is 115 Å². The second kappa shape index (κ2) is 8.03. The summed E-state index contributed by atoms with van der Waals surface area (Å²) >= 11 is 0. The van der Waals surface area contributed by atoms with Crippen molar-refractivity contribution in [2.45, 2.75) is 45.2 Å². The number of aryl methyl sites for hydroxylation is 1. The summed E-state index contributed by atoms with van der Waals surface area (Å²) in [5, 5.41) is 12.2. The first kappa shape index (κ1) is 18.6. The first-order valence-corrected chi connectivity index (χ1v) is 8.90. The average Bonchev–Trinajstić information content (AvgIpc) is 3.12. The van der Waals surface area contributed by atoms with Crippen LogP contribution < -0.4 is 5.32 Å². The maximum Gasteiger partial charge on any atom is 0.326 e. The van der Waals surface area contributed by atoms with E-state index in [0.717, 1.165) is 17.7 Å². The van der Waals surface area contributed by atoms with E-state index in [4.69, 9.17) is 0 Å². The van der Waals surface area contributed by atoms with Gasteiger partial charge in [0.1, 0.15) is 6.04 Å². The molecule has 142 valence electrons. The molecule has 0 aliphatic carbocycles. The summed E-state index contributed by atoms with van der Waals surface area (Å²) in [7, 11) is 0. The molecule has 0 unspecified atom stereocenters. The average molecular weight is 370 g/mol. The number of aromatic nitrogens is 2. The molecular weight excluding hydrogens is 348 g/mol. The maximum absolute atomic E-state index is 12.6. The SMILES string of the molecule is CCc1cccc(NC(=O)CCC(=O)N2Cc3[nH]cnc3C[C@@H]2C(=O)O)c1. The van der Waals surface area contributed by atoms with Gasteiger partial charge in [0.15, 0.2) is 0 Å². The molecule has 0 spiro atoms. The Labute approximate surface area is 156 Å². The molecule has 1 aliphatic rings. The minimum Gasteiger partial charge on any atom is -0.480 e. The van der Waals surface area contributed by atoms with Gasteiger partial charge in [-0.25, -0.2) is 9.78 Å². The first-order chi connectivity index (χ1) is 13.0. The molecule has 2 heterocycles. The lowest BCUT2D eigenvalue weighted by atomic mass is 10.0. The Balaban J connectivity index is 1.59. The highest BCUT2D eigenvalue weighted by molar-refractivity contribution is 5.94. The number of amides is 2. The van der Waals surface area contributed by atoms with Gasteiger partial charge in [-0.2, -0.15) is 0 Å². The van der Waals surface area contributed by atoms with Crippen LogP contribution in [0.4, 0.5) is 5.69 Å². The third-order valence-electron chi connectivity index (χ3n) is 4.69. The van der Waals surface area contributed by atoms with Crippen LogP contribution in [0, 0.1) is 0 Å². The highest BCUT2D eigenvalue weighted by Gasteiger charge is 2.35. The second-order valence-electron chi connectivity index (χ2n) is 6.51. The molecule has 27 heavy (non-hydrogen) atoms. The molecule has 1 aromatic heterocycles. The zero-order valence-corrected chi connectivity index (χ0v) is 15.1. The van der Waals surface area contributed by atoms with E-state index < -0.39 is 12.0 Å². The fraction of sp³-hybridized carbons (Fsp3) is 0.368. The number of nitrogens with one attached hydrogen (secondary N) is 2. The van der Waals surface area contributed by atoms with Crippen LogP contribution in [0.5, 0.6) is 0 Å². The number of anilines is 1. The van der Waals surface area contributed by atoms with Crippen LogP contribution in [0.15, 0.2) is 30.6 Å². The number of aliphatic carboxylic acids is 1. The number of carbonyl (C=O) groups is 3. The number of fused-ring (bicyclic) bond motifs is 1. The van der Waals surface area contributed by atoms with Gasteiger partial charge in [-0.05, 0) is 24.1 Å². The van der Waals surface area contributed by atoms with Crippen molar-refractivity contribution in [3.8, 4) is 0 Å². The smallest absolute Gasteiger partial charge is 0.326 e. The van der Waals surface area contributed by atoms with E-state index >= 15 is 0 Å². The summed E-state index contributed by atoms with van der Waals surface area (Å²) in [6.45, 7) is 2.19. The van der Waals surface area contributed by atoms with Crippen LogP contribution in [0.3, 0.4) is 0 Å². The van der Waals surface area contributed by atoms with E-state index in [0.29, 0.717) is 11.4 Å². The number of hydrogen-bond donors (Lipinski definition) is 3. The standard InChI is InChI=1S/C19H22N4O4/c1-2-12-4-3-5-13(8-12)22-17(24)6-7-18(25)23-10-15-14(20-11-21-15)9-16(23)19(26)27/h3-5,8,11,16H,2,6-7,9-10H2,1H3,(H,20,21)(H,22,24)(H,26,27)/t16-/m1/s1. The number of imidazole rings is 1. The minimum atomic E-state index is -1.07. The van der Waals surface area contributed by atoms with E-state index in [2.05, 4.69) is 15.3 Å². The summed E-state index contributed by atoms with van der Waals surface area (Å²) in [5.41, 5.74) is 3.20. The molecule has 1 aromatic carbocycles. The van der Waals surface area contributed by atoms with Crippen molar-refractivity contribution >= 4 is 23.5 Å². The van der Waals surface area contributed by atoms with Crippen LogP contribution in [-0.2, 0) is 33.8 Å². The highest BCUT2D eigenvalue weighted by Crippen LogP contribution is 2.22. The molecule has 0 saturated heterocycles. The summed E-state index contributed by atoms with van der Waals surface area (Å²) < 4.78 is 0. The van der Waals surface area contributed by atoms with Gasteiger partial charge in [-0.1, -0.05) is 19.1 Å². The number of hydrogen-bond acceptors (Lipinski definition) is 4. The quantitative estimate of drug-likeness (QED) is 0.716. The Morgan fingerprint density at radius 2 is 2.15 bits per heavy atom. The molecule has 8 nitrogen and oxygen atoms in total. The molecule has 0 fully saturated rings. The first-order valence-electron chi connectivity index (χ1n) is 8.90. The lowest BCUT2D eigenvalue weighted by molar-refractivity contribution is -0.151. The fourth-order valence-corrected chi connectivity index (χ4v) is 3.18. The van der Waals surface area contributed by atoms with Crippen LogP contribution in [0.1, 0.15) is 36.7 Å². The summed E-state index contributed by atoms with van der Waals surface area (Å²) in [5.74, 6) is -1.71. The van der Waals surface area contributed by atoms with Gasteiger partial charge in [-0.15, -0.1) is 0 Å². The zero-order valence-electron chi connectivity index (χ0n) is 15.1. The van der Waals surface area contributed by atoms with Gasteiger partial charge >= 0.3 is 5.97 Å². The number of benzene rings is 1. The number of carboxylic acids is 1. The lowest BCUT2D eigenvalue weighted by Gasteiger charge is -2.32. The fourth-order valence-electron chi connectivity index (χ4n) is 3.18. The molecule has 1 aliphatic heterocycles. The molecule has 8 heteroatoms. The minimum absolute atomic E-state index is 0.00609. The molecular formula is C19H22N4O4. The lowest BCUT2D eigenvalue weighted by Crippen LogP contribution is -2.48. The van der Waals surface area contributed by atoms with Gasteiger partial charge in [0.2, 0.25) is 11.8 Å². The summed E-state index contributed by atoms with van der Waals surface area (Å²) in [6, 6.07) is 6.57. The number of rotatable bonds is 6. The van der Waals surface area contributed by atoms with Gasteiger partial charge in [0.05, 0.1) is 24.3 Å². The number of aromatic amines is 1. The van der Waals surface area contributed by atoms with Crippen molar-refractivity contribution in [3.05, 3.63) is 47.5 Å². The molecule has 0 saturated carbocycles. The molecule has 1 atom stereocenters. The second-order valence-corrected chi connectivity index (χ2v) is 6.51. The van der Waals surface area contributed by atoms with E-state index in [1.807, 2.05) is 25.1 Å². The Kier molecular flexibility index (Phi) is 5.54. The molecule has 2 amide bonds. The number of H-pyrrole nitrogens is 1. The van der Waals surface area contributed by atoms with Crippen LogP contribution >= 0.6 is 0 Å². The summed E-state index contributed by atoms with van der Waals surface area (Å²) in [4.78, 5) is 44.6. The van der Waals surface area contributed by atoms with Gasteiger partial charge in [0.25, 0.3) is 0 Å². The van der Waals surface area contributed by atoms with Crippen molar-refractivity contribution in [1.29, 1.82) is 0 Å². The van der Waals surface area contributed by atoms with Crippen molar-refractivity contribution < 1.29 is 19.5 Å². The Hall–Kier alpha value is -3.16. The maximum atomic E-state index is 12.6. The van der Waals surface area contributed by atoms with Crippen LogP contribution in [0.25, 0.3) is 0 Å². The molecule has 0 bridgehead atoms. The third-order valence-corrected chi connectivity index (χ3v) is 4.69. The largest absolute Gasteiger partial charge is 0.480 e. The normalized spacial score (nSPS) is 15.9. The zero-order chi connectivity index (χ0) is 19.4. The molecule has 0 radical (unpaired) electrons. The third kappa shape index (κ3) is 4.33. The van der Waals surface area contributed by atoms with E-state index in [1.165, 1.54) is 11.2 Å². The number of carboxylic acid groups (broad SMARTS) is 1.